The van der Waals surface area contributed by atoms with Crippen molar-refractivity contribution in [2.75, 3.05) is 28.7 Å². The van der Waals surface area contributed by atoms with E-state index >= 15 is 0 Å². The van der Waals surface area contributed by atoms with Crippen LogP contribution in [0.3, 0.4) is 0 Å². The number of β-lactam (4-membered cyclic amide) rings is 1. The third kappa shape index (κ3) is 6.15. The van der Waals surface area contributed by atoms with Gasteiger partial charge in [0, 0.05) is 16.9 Å². The lowest BCUT2D eigenvalue weighted by Crippen LogP contribution is -2.71. The van der Waals surface area contributed by atoms with E-state index in [1.165, 1.54) is 41.9 Å². The van der Waals surface area contributed by atoms with E-state index in [9.17, 15) is 24.3 Å². The summed E-state index contributed by atoms with van der Waals surface area (Å²) in [5.41, 5.74) is 17.2. The fourth-order valence-electron chi connectivity index (χ4n) is 3.89. The smallest absolute Gasteiger partial charge is 0.347 e. The average molecular weight is 624 g/mol. The molecule has 4 heterocycles. The number of hydrogen-bond acceptors (Lipinski definition) is 15. The Morgan fingerprint density at radius 3 is 2.71 bits per heavy atom. The highest BCUT2D eigenvalue weighted by Crippen LogP contribution is 2.41. The monoisotopic (exact) mass is 623 g/mol. The van der Waals surface area contributed by atoms with Crippen LogP contribution in [0.4, 0.5) is 16.8 Å². The van der Waals surface area contributed by atoms with Crippen LogP contribution in [0.5, 0.6) is 0 Å². The van der Waals surface area contributed by atoms with Gasteiger partial charge in [0.15, 0.2) is 10.8 Å². The second kappa shape index (κ2) is 12.2. The standard InChI is InChI=1S/C22H25N9O7S3/c1-3-30-12(24)4-11(23)27-22(30)41-6-9-5-39-18-14(17(33)31(18)15(9)20(36)37)28-16(32)13(10-7-40-21(25)26-10)29-38-8(2)19(34)35/h4,7-8,14,18H,3,5-6H2,1-2H3,(H8,23,24,25,26,28,32,34,35,36,37)/b29-13-/t8-,14?,18?/m1/s1. The Morgan fingerprint density at radius 1 is 1.37 bits per heavy atom. The minimum Gasteiger partial charge on any atom is -0.543 e. The van der Waals surface area contributed by atoms with Gasteiger partial charge in [-0.25, -0.2) is 14.3 Å². The molecule has 2 aliphatic heterocycles. The molecule has 8 N–H and O–H groups in total. The number of nitrogens with one attached hydrogen (secondary N) is 1. The average Bonchev–Trinajstić information content (AvgIpc) is 3.34. The minimum atomic E-state index is -1.54. The molecule has 0 aromatic carbocycles. The Hall–Kier alpha value is -4.10. The first-order valence-electron chi connectivity index (χ1n) is 11.9. The predicted octanol–water partition coefficient (Wildman–Crippen LogP) is -2.02. The van der Waals surface area contributed by atoms with Crippen LogP contribution in [0.15, 0.2) is 33.0 Å². The maximum atomic E-state index is 13.1. The van der Waals surface area contributed by atoms with Gasteiger partial charge < -0.3 is 42.4 Å². The van der Waals surface area contributed by atoms with Crippen molar-refractivity contribution in [3.63, 3.8) is 0 Å². The summed E-state index contributed by atoms with van der Waals surface area (Å²) < 4.78 is 1.72. The summed E-state index contributed by atoms with van der Waals surface area (Å²) in [5, 5.41) is 28.6. The number of hydrogen-bond donors (Lipinski definition) is 5. The third-order valence-corrected chi connectivity index (χ3v) is 8.99. The van der Waals surface area contributed by atoms with E-state index in [1.807, 2.05) is 6.92 Å². The number of carbonyl (C=O) groups is 4. The van der Waals surface area contributed by atoms with Gasteiger partial charge in [-0.05, 0) is 31.2 Å². The number of nitrogen functional groups attached to an aromatic ring is 3. The number of oxime groups is 1. The second-order valence-electron chi connectivity index (χ2n) is 8.62. The zero-order valence-electron chi connectivity index (χ0n) is 21.6. The molecule has 4 rings (SSSR count). The van der Waals surface area contributed by atoms with Crippen molar-refractivity contribution in [2.24, 2.45) is 5.16 Å². The van der Waals surface area contributed by atoms with Crippen molar-refractivity contribution in [3.8, 4) is 0 Å². The summed E-state index contributed by atoms with van der Waals surface area (Å²) in [6, 6.07) is 0.415. The first kappa shape index (κ1) is 29.9. The van der Waals surface area contributed by atoms with Crippen LogP contribution in [-0.2, 0) is 30.6 Å². The highest BCUT2D eigenvalue weighted by Gasteiger charge is 2.53. The van der Waals surface area contributed by atoms with Gasteiger partial charge in [0.05, 0.1) is 24.3 Å². The van der Waals surface area contributed by atoms with E-state index < -0.39 is 47.0 Å². The molecule has 2 aromatic heterocycles. The summed E-state index contributed by atoms with van der Waals surface area (Å²) in [6.07, 6.45) is -1.37. The highest BCUT2D eigenvalue weighted by molar-refractivity contribution is 8.01. The van der Waals surface area contributed by atoms with Gasteiger partial charge in [0.25, 0.3) is 11.8 Å². The quantitative estimate of drug-likeness (QED) is 0.0452. The molecule has 0 spiro atoms. The maximum absolute atomic E-state index is 13.1. The zero-order chi connectivity index (χ0) is 30.0. The largest absolute Gasteiger partial charge is 0.543 e. The number of thiazole rings is 1. The van der Waals surface area contributed by atoms with Crippen LogP contribution in [0.2, 0.25) is 0 Å². The Labute approximate surface area is 245 Å². The fraction of sp³-hybridized carbons (Fsp3) is 0.364. The van der Waals surface area contributed by atoms with Crippen LogP contribution in [-0.4, -0.2) is 78.5 Å². The van der Waals surface area contributed by atoms with E-state index in [1.54, 1.807) is 4.57 Å². The molecule has 16 nitrogen and oxygen atoms in total. The van der Waals surface area contributed by atoms with Crippen LogP contribution in [0.25, 0.3) is 0 Å². The lowest BCUT2D eigenvalue weighted by molar-refractivity contribution is -0.719. The summed E-state index contributed by atoms with van der Waals surface area (Å²) in [4.78, 5) is 63.7. The fourth-order valence-corrected chi connectivity index (χ4v) is 7.02. The van der Waals surface area contributed by atoms with E-state index in [2.05, 4.69) is 20.4 Å². The van der Waals surface area contributed by atoms with Gasteiger partial charge in [0.1, 0.15) is 17.1 Å². The van der Waals surface area contributed by atoms with E-state index in [0.717, 1.165) is 16.2 Å². The molecular formula is C22H25N9O7S3. The summed E-state index contributed by atoms with van der Waals surface area (Å²) in [7, 11) is 0. The Morgan fingerprint density at radius 2 is 2.10 bits per heavy atom. The van der Waals surface area contributed by atoms with Gasteiger partial charge in [0.2, 0.25) is 17.7 Å². The molecule has 1 saturated heterocycles. The van der Waals surface area contributed by atoms with Crippen molar-refractivity contribution in [3.05, 3.63) is 28.4 Å². The van der Waals surface area contributed by atoms with Crippen LogP contribution < -0.4 is 32.2 Å². The Kier molecular flexibility index (Phi) is 8.88. The third-order valence-electron chi connectivity index (χ3n) is 5.91. The first-order chi connectivity index (χ1) is 19.4. The molecule has 0 radical (unpaired) electrons. The molecule has 3 atom stereocenters. The van der Waals surface area contributed by atoms with E-state index in [-0.39, 0.29) is 33.8 Å². The number of nitrogens with two attached hydrogens (primary N) is 3. The number of aromatic nitrogens is 3. The number of amides is 2. The molecule has 218 valence electrons. The molecule has 2 amide bonds. The number of nitrogens with zero attached hydrogens (tertiary/aromatic N) is 5. The normalized spacial score (nSPS) is 19.3. The van der Waals surface area contributed by atoms with Crippen molar-refractivity contribution in [2.45, 2.75) is 43.1 Å². The zero-order valence-corrected chi connectivity index (χ0v) is 24.0. The van der Waals surface area contributed by atoms with Crippen molar-refractivity contribution in [1.29, 1.82) is 0 Å². The summed E-state index contributed by atoms with van der Waals surface area (Å²) >= 11 is 3.48. The van der Waals surface area contributed by atoms with Crippen LogP contribution in [0, 0.1) is 0 Å². The maximum Gasteiger partial charge on any atom is 0.347 e. The Balaban J connectivity index is 1.52. The molecule has 19 heteroatoms. The number of fused-ring (bicyclic) bond motifs is 1. The second-order valence-corrected chi connectivity index (χ2v) is 11.6. The van der Waals surface area contributed by atoms with Crippen LogP contribution >= 0.6 is 34.9 Å². The number of carbonyl (C=O) groups excluding carboxylic acids is 3. The molecule has 2 aliphatic rings. The number of rotatable bonds is 11. The lowest BCUT2D eigenvalue weighted by atomic mass is 10.0. The number of anilines is 3. The van der Waals surface area contributed by atoms with Crippen molar-refractivity contribution < 1.29 is 38.8 Å². The van der Waals surface area contributed by atoms with Crippen LogP contribution in [0.1, 0.15) is 19.5 Å². The van der Waals surface area contributed by atoms with Crippen molar-refractivity contribution in [1.82, 2.24) is 20.2 Å². The number of thioether (sulfide) groups is 2. The molecule has 0 saturated carbocycles. The number of carboxylic acids is 2. The van der Waals surface area contributed by atoms with Gasteiger partial charge in [-0.3, -0.25) is 14.5 Å². The topological polar surface area (TPSA) is 256 Å². The van der Waals surface area contributed by atoms with E-state index in [0.29, 0.717) is 23.1 Å². The molecule has 41 heavy (non-hydrogen) atoms. The highest BCUT2D eigenvalue weighted by atomic mass is 32.2. The van der Waals surface area contributed by atoms with Gasteiger partial charge >= 0.3 is 11.1 Å². The summed E-state index contributed by atoms with van der Waals surface area (Å²) in [5.74, 6) is -3.41. The van der Waals surface area contributed by atoms with Gasteiger partial charge in [-0.1, -0.05) is 10.1 Å². The number of carboxylic acid groups (broad SMARTS) is 2. The SMILES string of the molecule is CC[n+]1c(N)cc(N)nc1SCC1=C(C(=O)[O-])N2C(=O)C(NC(=O)/C(=N\O[C@H](C)C(=O)O)c3csc(N)n3)C2SC1. The molecule has 0 bridgehead atoms. The minimum absolute atomic E-state index is 0.0114. The van der Waals surface area contributed by atoms with Gasteiger partial charge in [-0.2, -0.15) is 0 Å². The number of aliphatic carboxylic acids is 2. The van der Waals surface area contributed by atoms with Gasteiger partial charge in [-0.15, -0.1) is 23.1 Å². The summed E-state index contributed by atoms with van der Waals surface area (Å²) in [6.45, 7) is 3.60. The predicted molar refractivity (Wildman–Crippen MR) is 148 cm³/mol. The Bertz CT molecular complexity index is 1480. The molecule has 2 aromatic rings. The van der Waals surface area contributed by atoms with E-state index in [4.69, 9.17) is 27.1 Å². The molecular weight excluding hydrogens is 598 g/mol. The molecule has 2 unspecified atom stereocenters. The van der Waals surface area contributed by atoms with Crippen molar-refractivity contribution >= 4 is 81.1 Å². The molecule has 0 aliphatic carbocycles. The lowest BCUT2D eigenvalue weighted by Gasteiger charge is -2.50. The first-order valence-corrected chi connectivity index (χ1v) is 14.8. The molecule has 1 fully saturated rings.